The van der Waals surface area contributed by atoms with E-state index in [0.717, 1.165) is 22.0 Å². The van der Waals surface area contributed by atoms with E-state index in [1.54, 1.807) is 54.2 Å². The minimum Gasteiger partial charge on any atom is -0.354 e. The van der Waals surface area contributed by atoms with Gasteiger partial charge in [-0.3, -0.25) is 9.10 Å². The lowest BCUT2D eigenvalue weighted by molar-refractivity contribution is -0.119. The van der Waals surface area contributed by atoms with E-state index >= 15 is 0 Å². The first-order chi connectivity index (χ1) is 15.4. The number of benzene rings is 3. The molecule has 0 aliphatic rings. The minimum atomic E-state index is -3.94. The van der Waals surface area contributed by atoms with Crippen molar-refractivity contribution in [1.29, 1.82) is 0 Å². The van der Waals surface area contributed by atoms with Crippen LogP contribution in [-0.4, -0.2) is 33.2 Å². The smallest absolute Gasteiger partial charge is 0.264 e. The summed E-state index contributed by atoms with van der Waals surface area (Å²) in [5.41, 5.74) is 1.29. The van der Waals surface area contributed by atoms with Gasteiger partial charge in [0.15, 0.2) is 0 Å². The molecule has 3 rings (SSSR count). The molecule has 1 amide bonds. The van der Waals surface area contributed by atoms with Crippen LogP contribution in [0.1, 0.15) is 12.0 Å². The lowest BCUT2D eigenvalue weighted by atomic mass is 10.2. The Morgan fingerprint density at radius 1 is 1.00 bits per heavy atom. The molecule has 32 heavy (non-hydrogen) atoms. The van der Waals surface area contributed by atoms with Gasteiger partial charge in [-0.15, -0.1) is 11.8 Å². The van der Waals surface area contributed by atoms with Gasteiger partial charge in [0, 0.05) is 16.5 Å². The number of amides is 1. The molecule has 8 heteroatoms. The molecule has 0 radical (unpaired) electrons. The number of hydrogen-bond donors (Lipinski definition) is 1. The molecule has 0 saturated heterocycles. The Bertz CT molecular complexity index is 1140. The highest BCUT2D eigenvalue weighted by Crippen LogP contribution is 2.26. The van der Waals surface area contributed by atoms with Crippen molar-refractivity contribution in [3.8, 4) is 0 Å². The third-order valence-electron chi connectivity index (χ3n) is 4.65. The number of nitrogens with zero attached hydrogens (tertiary/aromatic N) is 1. The maximum atomic E-state index is 13.3. The van der Waals surface area contributed by atoms with Gasteiger partial charge in [-0.05, 0) is 61.6 Å². The SMILES string of the molecule is Cc1ccc(S(=O)(=O)N(CC(=O)NCCCSc2ccccc2)c2cccc(Cl)c2)cc1. The molecule has 0 heterocycles. The summed E-state index contributed by atoms with van der Waals surface area (Å²) in [4.78, 5) is 13.9. The molecule has 168 valence electrons. The summed E-state index contributed by atoms with van der Waals surface area (Å²) in [6, 6.07) is 23.1. The third kappa shape index (κ3) is 6.76. The standard InChI is InChI=1S/C24H25ClN2O3S2/c1-19-11-13-23(14-12-19)32(29,30)27(21-8-5-7-20(25)17-21)18-24(28)26-15-6-16-31-22-9-3-2-4-10-22/h2-5,7-14,17H,6,15-16,18H2,1H3,(H,26,28). The van der Waals surface area contributed by atoms with Gasteiger partial charge in [0.1, 0.15) is 6.54 Å². The summed E-state index contributed by atoms with van der Waals surface area (Å²) in [5.74, 6) is 0.481. The monoisotopic (exact) mass is 488 g/mol. The Morgan fingerprint density at radius 3 is 2.41 bits per heavy atom. The molecule has 3 aromatic carbocycles. The normalized spacial score (nSPS) is 11.2. The number of carbonyl (C=O) groups is 1. The molecule has 0 unspecified atom stereocenters. The quantitative estimate of drug-likeness (QED) is 0.317. The molecule has 0 spiro atoms. The Morgan fingerprint density at radius 2 is 1.72 bits per heavy atom. The van der Waals surface area contributed by atoms with Crippen LogP contribution in [0.2, 0.25) is 5.02 Å². The third-order valence-corrected chi connectivity index (χ3v) is 7.77. The molecule has 0 fully saturated rings. The second-order valence-electron chi connectivity index (χ2n) is 7.17. The highest BCUT2D eigenvalue weighted by molar-refractivity contribution is 7.99. The fourth-order valence-electron chi connectivity index (χ4n) is 2.98. The Kier molecular flexibility index (Phi) is 8.61. The van der Waals surface area contributed by atoms with Gasteiger partial charge in [-0.2, -0.15) is 0 Å². The number of thioether (sulfide) groups is 1. The number of sulfonamides is 1. The molecular weight excluding hydrogens is 464 g/mol. The van der Waals surface area contributed by atoms with Gasteiger partial charge < -0.3 is 5.32 Å². The second kappa shape index (κ2) is 11.4. The van der Waals surface area contributed by atoms with E-state index in [9.17, 15) is 13.2 Å². The van der Waals surface area contributed by atoms with Crippen LogP contribution in [0.3, 0.4) is 0 Å². The molecule has 1 N–H and O–H groups in total. The molecule has 0 aromatic heterocycles. The van der Waals surface area contributed by atoms with Crippen molar-refractivity contribution in [3.05, 3.63) is 89.4 Å². The summed E-state index contributed by atoms with van der Waals surface area (Å²) in [7, 11) is -3.94. The van der Waals surface area contributed by atoms with Crippen molar-refractivity contribution in [1.82, 2.24) is 5.32 Å². The van der Waals surface area contributed by atoms with Crippen LogP contribution >= 0.6 is 23.4 Å². The van der Waals surface area contributed by atoms with Crippen molar-refractivity contribution in [2.45, 2.75) is 23.1 Å². The van der Waals surface area contributed by atoms with E-state index in [1.165, 1.54) is 11.0 Å². The number of aryl methyl sites for hydroxylation is 1. The lowest BCUT2D eigenvalue weighted by Gasteiger charge is -2.24. The second-order valence-corrected chi connectivity index (χ2v) is 10.6. The van der Waals surface area contributed by atoms with E-state index in [0.29, 0.717) is 17.3 Å². The average Bonchev–Trinajstić information content (AvgIpc) is 2.78. The number of hydrogen-bond acceptors (Lipinski definition) is 4. The molecule has 0 bridgehead atoms. The van der Waals surface area contributed by atoms with Crippen LogP contribution in [0.15, 0.2) is 88.7 Å². The number of anilines is 1. The zero-order valence-electron chi connectivity index (χ0n) is 17.7. The number of rotatable bonds is 10. The van der Waals surface area contributed by atoms with Gasteiger partial charge in [-0.1, -0.05) is 53.6 Å². The molecule has 5 nitrogen and oxygen atoms in total. The van der Waals surface area contributed by atoms with Crippen LogP contribution in [0, 0.1) is 6.92 Å². The van der Waals surface area contributed by atoms with Gasteiger partial charge >= 0.3 is 0 Å². The highest BCUT2D eigenvalue weighted by atomic mass is 35.5. The molecule has 0 saturated carbocycles. The zero-order valence-corrected chi connectivity index (χ0v) is 20.1. The summed E-state index contributed by atoms with van der Waals surface area (Å²) in [6.45, 7) is 2.02. The van der Waals surface area contributed by atoms with Crippen molar-refractivity contribution >= 4 is 45.0 Å². The van der Waals surface area contributed by atoms with Crippen molar-refractivity contribution in [2.24, 2.45) is 0 Å². The number of carbonyl (C=O) groups excluding carboxylic acids is 1. The van der Waals surface area contributed by atoms with E-state index in [1.807, 2.05) is 37.3 Å². The lowest BCUT2D eigenvalue weighted by Crippen LogP contribution is -2.41. The summed E-state index contributed by atoms with van der Waals surface area (Å²) < 4.78 is 27.7. The van der Waals surface area contributed by atoms with Crippen LogP contribution in [0.25, 0.3) is 0 Å². The van der Waals surface area contributed by atoms with Crippen molar-refractivity contribution in [2.75, 3.05) is 23.1 Å². The Balaban J connectivity index is 1.66. The topological polar surface area (TPSA) is 66.5 Å². The largest absolute Gasteiger partial charge is 0.354 e. The first-order valence-electron chi connectivity index (χ1n) is 10.2. The van der Waals surface area contributed by atoms with E-state index in [2.05, 4.69) is 5.32 Å². The molecule has 3 aromatic rings. The summed E-state index contributed by atoms with van der Waals surface area (Å²) >= 11 is 7.80. The van der Waals surface area contributed by atoms with Gasteiger partial charge in [0.25, 0.3) is 10.0 Å². The van der Waals surface area contributed by atoms with E-state index in [4.69, 9.17) is 11.6 Å². The van der Waals surface area contributed by atoms with Crippen LogP contribution in [0.4, 0.5) is 5.69 Å². The van der Waals surface area contributed by atoms with E-state index in [-0.39, 0.29) is 17.3 Å². The predicted molar refractivity (Wildman–Crippen MR) is 132 cm³/mol. The van der Waals surface area contributed by atoms with Gasteiger partial charge in [0.2, 0.25) is 5.91 Å². The average molecular weight is 489 g/mol. The highest BCUT2D eigenvalue weighted by Gasteiger charge is 2.27. The Labute approximate surface area is 198 Å². The van der Waals surface area contributed by atoms with Crippen LogP contribution < -0.4 is 9.62 Å². The number of nitrogens with one attached hydrogen (secondary N) is 1. The van der Waals surface area contributed by atoms with E-state index < -0.39 is 10.0 Å². The summed E-state index contributed by atoms with van der Waals surface area (Å²) in [5, 5.41) is 3.22. The molecule has 0 atom stereocenters. The minimum absolute atomic E-state index is 0.120. The Hall–Kier alpha value is -2.48. The van der Waals surface area contributed by atoms with Crippen molar-refractivity contribution < 1.29 is 13.2 Å². The molecule has 0 aliphatic carbocycles. The first-order valence-corrected chi connectivity index (χ1v) is 13.0. The fraction of sp³-hybridized carbons (Fsp3) is 0.208. The maximum Gasteiger partial charge on any atom is 0.264 e. The van der Waals surface area contributed by atoms with Crippen LogP contribution in [-0.2, 0) is 14.8 Å². The van der Waals surface area contributed by atoms with Gasteiger partial charge in [-0.25, -0.2) is 8.42 Å². The van der Waals surface area contributed by atoms with Gasteiger partial charge in [0.05, 0.1) is 10.6 Å². The molecule has 0 aliphatic heterocycles. The first kappa shape index (κ1) is 24.2. The fourth-order valence-corrected chi connectivity index (χ4v) is 5.45. The maximum absolute atomic E-state index is 13.3. The van der Waals surface area contributed by atoms with Crippen LogP contribution in [0.5, 0.6) is 0 Å². The molecular formula is C24H25ClN2O3S2. The number of halogens is 1. The summed E-state index contributed by atoms with van der Waals surface area (Å²) in [6.07, 6.45) is 0.771. The predicted octanol–water partition coefficient (Wildman–Crippen LogP) is 5.14. The zero-order chi connectivity index (χ0) is 23.0. The van der Waals surface area contributed by atoms with Crippen molar-refractivity contribution in [3.63, 3.8) is 0 Å².